The summed E-state index contributed by atoms with van der Waals surface area (Å²) in [6.07, 6.45) is 1.69. The zero-order valence-corrected chi connectivity index (χ0v) is 7.58. The van der Waals surface area contributed by atoms with Gasteiger partial charge in [-0.05, 0) is 31.4 Å². The van der Waals surface area contributed by atoms with Crippen LogP contribution in [0.2, 0.25) is 0 Å². The highest BCUT2D eigenvalue weighted by Crippen LogP contribution is 2.28. The number of benzene rings is 1. The normalized spacial score (nSPS) is 28.2. The molecule has 64 valence electrons. The third-order valence-corrected chi connectivity index (χ3v) is 2.44. The Labute approximate surface area is 73.4 Å². The van der Waals surface area contributed by atoms with Crippen molar-refractivity contribution in [1.82, 2.24) is 0 Å². The Morgan fingerprint density at radius 1 is 1.25 bits per heavy atom. The van der Waals surface area contributed by atoms with Gasteiger partial charge in [0.1, 0.15) is 0 Å². The number of rotatable bonds is 0. The molecule has 0 unspecified atom stereocenters. The topological polar surface area (TPSA) is 9.23 Å². The Balaban J connectivity index is 2.40. The molecule has 1 heterocycles. The molecule has 0 aromatic heterocycles. The first kappa shape index (κ1) is 7.81. The lowest BCUT2D eigenvalue weighted by Gasteiger charge is -2.27. The molecule has 1 aliphatic heterocycles. The second kappa shape index (κ2) is 2.91. The maximum atomic E-state index is 5.71. The Morgan fingerprint density at radius 2 is 2.00 bits per heavy atom. The van der Waals surface area contributed by atoms with E-state index in [1.54, 1.807) is 0 Å². The average Bonchev–Trinajstić information content (AvgIpc) is 2.04. The molecule has 1 aromatic carbocycles. The van der Waals surface area contributed by atoms with Crippen LogP contribution in [0.1, 0.15) is 31.1 Å². The van der Waals surface area contributed by atoms with Gasteiger partial charge in [0.25, 0.3) is 0 Å². The molecule has 1 aliphatic rings. The van der Waals surface area contributed by atoms with Crippen LogP contribution in [-0.4, -0.2) is 6.10 Å². The molecule has 0 fully saturated rings. The van der Waals surface area contributed by atoms with Gasteiger partial charge in [0.05, 0.1) is 12.2 Å². The molecule has 1 heteroatoms. The summed E-state index contributed by atoms with van der Waals surface area (Å²) in [6.45, 7) is 4.25. The van der Waals surface area contributed by atoms with E-state index in [0.29, 0.717) is 6.10 Å². The quantitative estimate of drug-likeness (QED) is 0.570. The zero-order valence-electron chi connectivity index (χ0n) is 7.58. The fraction of sp³-hybridized carbons (Fsp3) is 0.455. The minimum absolute atomic E-state index is 0.268. The fourth-order valence-corrected chi connectivity index (χ4v) is 1.90. The molecular formula is C11H14O. The van der Waals surface area contributed by atoms with Gasteiger partial charge in [0.15, 0.2) is 0 Å². The van der Waals surface area contributed by atoms with Gasteiger partial charge in [-0.3, -0.25) is 0 Å². The lowest BCUT2D eigenvalue weighted by molar-refractivity contribution is -0.00468. The molecular weight excluding hydrogens is 148 g/mol. The second-order valence-corrected chi connectivity index (χ2v) is 3.49. The third kappa shape index (κ3) is 1.25. The minimum atomic E-state index is 0.268. The highest BCUT2D eigenvalue weighted by molar-refractivity contribution is 5.30. The van der Waals surface area contributed by atoms with Gasteiger partial charge < -0.3 is 4.74 Å². The van der Waals surface area contributed by atoms with E-state index in [1.165, 1.54) is 11.1 Å². The van der Waals surface area contributed by atoms with Crippen LogP contribution in [0.4, 0.5) is 0 Å². The summed E-state index contributed by atoms with van der Waals surface area (Å²) in [7, 11) is 0. The maximum absolute atomic E-state index is 5.71. The largest absolute Gasteiger partial charge is 0.371 e. The third-order valence-electron chi connectivity index (χ3n) is 2.44. The van der Waals surface area contributed by atoms with E-state index < -0.39 is 0 Å². The standard InChI is InChI=1S/C11H14O/c1-8-7-10-5-3-4-6-11(10)9(2)12-8/h3-6,8-9H,7H2,1-2H3/t8-,9-/m1/s1. The predicted molar refractivity (Wildman–Crippen MR) is 49.1 cm³/mol. The molecule has 0 radical (unpaired) electrons. The Hall–Kier alpha value is -0.820. The fourth-order valence-electron chi connectivity index (χ4n) is 1.90. The molecule has 0 saturated carbocycles. The molecule has 1 aromatic rings. The predicted octanol–water partition coefficient (Wildman–Crippen LogP) is 2.71. The monoisotopic (exact) mass is 162 g/mol. The van der Waals surface area contributed by atoms with E-state index in [2.05, 4.69) is 38.1 Å². The molecule has 12 heavy (non-hydrogen) atoms. The van der Waals surface area contributed by atoms with E-state index >= 15 is 0 Å². The van der Waals surface area contributed by atoms with E-state index in [4.69, 9.17) is 4.74 Å². The smallest absolute Gasteiger partial charge is 0.0803 e. The van der Waals surface area contributed by atoms with Crippen molar-refractivity contribution in [2.24, 2.45) is 0 Å². The number of hydrogen-bond acceptors (Lipinski definition) is 1. The van der Waals surface area contributed by atoms with Crippen LogP contribution in [0.25, 0.3) is 0 Å². The lowest BCUT2D eigenvalue weighted by atomic mass is 9.96. The molecule has 0 aliphatic carbocycles. The van der Waals surface area contributed by atoms with Crippen LogP contribution in [0.5, 0.6) is 0 Å². The van der Waals surface area contributed by atoms with Crippen LogP contribution >= 0.6 is 0 Å². The highest BCUT2D eigenvalue weighted by atomic mass is 16.5. The average molecular weight is 162 g/mol. The van der Waals surface area contributed by atoms with Crippen molar-refractivity contribution in [3.63, 3.8) is 0 Å². The van der Waals surface area contributed by atoms with Crippen LogP contribution in [-0.2, 0) is 11.2 Å². The summed E-state index contributed by atoms with van der Waals surface area (Å²) < 4.78 is 5.71. The molecule has 2 rings (SSSR count). The van der Waals surface area contributed by atoms with Gasteiger partial charge in [-0.2, -0.15) is 0 Å². The SMILES string of the molecule is C[C@@H]1Cc2ccccc2[C@@H](C)O1. The molecule has 0 bridgehead atoms. The summed E-state index contributed by atoms with van der Waals surface area (Å²) in [5.74, 6) is 0. The van der Waals surface area contributed by atoms with Gasteiger partial charge in [-0.1, -0.05) is 24.3 Å². The van der Waals surface area contributed by atoms with E-state index in [0.717, 1.165) is 6.42 Å². The van der Waals surface area contributed by atoms with Crippen molar-refractivity contribution in [2.45, 2.75) is 32.5 Å². The number of ether oxygens (including phenoxy) is 1. The van der Waals surface area contributed by atoms with E-state index in [-0.39, 0.29) is 6.10 Å². The summed E-state index contributed by atoms with van der Waals surface area (Å²) >= 11 is 0. The molecule has 0 amide bonds. The van der Waals surface area contributed by atoms with E-state index in [1.807, 2.05) is 0 Å². The molecule has 1 nitrogen and oxygen atoms in total. The maximum Gasteiger partial charge on any atom is 0.0803 e. The molecule has 2 atom stereocenters. The molecule has 0 saturated heterocycles. The first-order valence-corrected chi connectivity index (χ1v) is 4.50. The highest BCUT2D eigenvalue weighted by Gasteiger charge is 2.20. The number of fused-ring (bicyclic) bond motifs is 1. The van der Waals surface area contributed by atoms with E-state index in [9.17, 15) is 0 Å². The summed E-state index contributed by atoms with van der Waals surface area (Å²) in [4.78, 5) is 0. The van der Waals surface area contributed by atoms with Crippen molar-refractivity contribution in [2.75, 3.05) is 0 Å². The van der Waals surface area contributed by atoms with Gasteiger partial charge >= 0.3 is 0 Å². The van der Waals surface area contributed by atoms with Crippen molar-refractivity contribution in [3.8, 4) is 0 Å². The van der Waals surface area contributed by atoms with Gasteiger partial charge in [0.2, 0.25) is 0 Å². The van der Waals surface area contributed by atoms with Crippen LogP contribution < -0.4 is 0 Å². The van der Waals surface area contributed by atoms with Crippen molar-refractivity contribution >= 4 is 0 Å². The van der Waals surface area contributed by atoms with Gasteiger partial charge in [-0.25, -0.2) is 0 Å². The zero-order chi connectivity index (χ0) is 8.55. The van der Waals surface area contributed by atoms with Crippen LogP contribution in [0.3, 0.4) is 0 Å². The van der Waals surface area contributed by atoms with Crippen molar-refractivity contribution in [1.29, 1.82) is 0 Å². The lowest BCUT2D eigenvalue weighted by Crippen LogP contribution is -2.21. The van der Waals surface area contributed by atoms with Gasteiger partial charge in [-0.15, -0.1) is 0 Å². The van der Waals surface area contributed by atoms with Gasteiger partial charge in [0, 0.05) is 0 Å². The van der Waals surface area contributed by atoms with Crippen LogP contribution in [0.15, 0.2) is 24.3 Å². The molecule has 0 N–H and O–H groups in total. The molecule has 0 spiro atoms. The Kier molecular flexibility index (Phi) is 1.89. The summed E-state index contributed by atoms with van der Waals surface area (Å²) in [5, 5.41) is 0. The van der Waals surface area contributed by atoms with Crippen molar-refractivity contribution in [3.05, 3.63) is 35.4 Å². The first-order valence-electron chi connectivity index (χ1n) is 4.50. The van der Waals surface area contributed by atoms with Crippen LogP contribution in [0, 0.1) is 0 Å². The Bertz CT molecular complexity index is 280. The number of hydrogen-bond donors (Lipinski definition) is 0. The summed E-state index contributed by atoms with van der Waals surface area (Å²) in [6, 6.07) is 8.54. The Morgan fingerprint density at radius 3 is 2.83 bits per heavy atom. The first-order chi connectivity index (χ1) is 5.77. The summed E-state index contributed by atoms with van der Waals surface area (Å²) in [5.41, 5.74) is 2.80. The minimum Gasteiger partial charge on any atom is -0.371 e. The van der Waals surface area contributed by atoms with Crippen molar-refractivity contribution < 1.29 is 4.74 Å². The second-order valence-electron chi connectivity index (χ2n) is 3.49.